The highest BCUT2D eigenvalue weighted by Gasteiger charge is 2.29. The molecule has 0 atom stereocenters. The lowest BCUT2D eigenvalue weighted by atomic mass is 10.2. The Labute approximate surface area is 159 Å². The molecular formula is C19H23N3O4S. The van der Waals surface area contributed by atoms with Gasteiger partial charge >= 0.3 is 0 Å². The van der Waals surface area contributed by atoms with Crippen LogP contribution in [0.25, 0.3) is 0 Å². The largest absolute Gasteiger partial charge is 0.494 e. The Hall–Kier alpha value is -2.45. The Morgan fingerprint density at radius 3 is 2.44 bits per heavy atom. The number of pyridine rings is 1. The molecule has 1 aromatic heterocycles. The lowest BCUT2D eigenvalue weighted by Crippen LogP contribution is -2.50. The second kappa shape index (κ2) is 8.96. The Morgan fingerprint density at radius 1 is 1.04 bits per heavy atom. The molecule has 1 aromatic carbocycles. The summed E-state index contributed by atoms with van der Waals surface area (Å²) in [5.41, 5.74) is 0. The molecule has 1 aliphatic rings. The number of para-hydroxylation sites is 1. The first kappa shape index (κ1) is 19.3. The monoisotopic (exact) mass is 389 g/mol. The lowest BCUT2D eigenvalue weighted by molar-refractivity contribution is -0.132. The first-order valence-corrected chi connectivity index (χ1v) is 10.4. The maximum atomic E-state index is 12.6. The molecule has 7 nitrogen and oxygen atoms in total. The zero-order valence-corrected chi connectivity index (χ0v) is 15.8. The highest BCUT2D eigenvalue weighted by Crippen LogP contribution is 2.17. The molecule has 2 heterocycles. The topological polar surface area (TPSA) is 79.8 Å². The van der Waals surface area contributed by atoms with Crippen LogP contribution in [0, 0.1) is 0 Å². The summed E-state index contributed by atoms with van der Waals surface area (Å²) in [4.78, 5) is 18.1. The molecule has 1 aliphatic heterocycles. The summed E-state index contributed by atoms with van der Waals surface area (Å²) < 4.78 is 32.1. The number of benzene rings is 1. The van der Waals surface area contributed by atoms with E-state index in [4.69, 9.17) is 4.74 Å². The van der Waals surface area contributed by atoms with Gasteiger partial charge < -0.3 is 9.64 Å². The molecule has 3 rings (SSSR count). The first-order chi connectivity index (χ1) is 13.1. The van der Waals surface area contributed by atoms with Crippen molar-refractivity contribution < 1.29 is 17.9 Å². The summed E-state index contributed by atoms with van der Waals surface area (Å²) in [5, 5.41) is 0. The van der Waals surface area contributed by atoms with Crippen LogP contribution in [0.4, 0.5) is 0 Å². The Kier molecular flexibility index (Phi) is 6.41. The SMILES string of the molecule is O=C(CCCOc1ccccc1)N1CCN(S(=O)(=O)c2cccnc2)CC1. The number of rotatable bonds is 7. The van der Waals surface area contributed by atoms with Gasteiger partial charge in [-0.2, -0.15) is 4.31 Å². The maximum absolute atomic E-state index is 12.6. The fraction of sp³-hybridized carbons (Fsp3) is 0.368. The third-order valence-electron chi connectivity index (χ3n) is 4.41. The third-order valence-corrected chi connectivity index (χ3v) is 6.29. The number of hydrogen-bond acceptors (Lipinski definition) is 5. The van der Waals surface area contributed by atoms with E-state index in [1.807, 2.05) is 30.3 Å². The predicted molar refractivity (Wildman–Crippen MR) is 101 cm³/mol. The van der Waals surface area contributed by atoms with Gasteiger partial charge in [0.05, 0.1) is 6.61 Å². The van der Waals surface area contributed by atoms with Gasteiger partial charge in [-0.05, 0) is 30.7 Å². The van der Waals surface area contributed by atoms with Crippen molar-refractivity contribution >= 4 is 15.9 Å². The van der Waals surface area contributed by atoms with E-state index in [1.165, 1.54) is 22.8 Å². The molecule has 0 radical (unpaired) electrons. The van der Waals surface area contributed by atoms with Gasteiger partial charge in [0.15, 0.2) is 0 Å². The van der Waals surface area contributed by atoms with Gasteiger partial charge in [0, 0.05) is 45.0 Å². The number of carbonyl (C=O) groups is 1. The lowest BCUT2D eigenvalue weighted by Gasteiger charge is -2.34. The summed E-state index contributed by atoms with van der Waals surface area (Å²) in [6, 6.07) is 12.6. The first-order valence-electron chi connectivity index (χ1n) is 8.93. The fourth-order valence-corrected chi connectivity index (χ4v) is 4.30. The van der Waals surface area contributed by atoms with Crippen molar-refractivity contribution in [3.63, 3.8) is 0 Å². The molecule has 1 amide bonds. The van der Waals surface area contributed by atoms with Crippen molar-refractivity contribution in [2.24, 2.45) is 0 Å². The molecule has 0 N–H and O–H groups in total. The van der Waals surface area contributed by atoms with Gasteiger partial charge in [-0.1, -0.05) is 18.2 Å². The van der Waals surface area contributed by atoms with Gasteiger partial charge in [0.25, 0.3) is 0 Å². The van der Waals surface area contributed by atoms with Gasteiger partial charge in [0.2, 0.25) is 15.9 Å². The standard InChI is InChI=1S/C19H23N3O4S/c23-19(9-5-15-26-17-6-2-1-3-7-17)21-11-13-22(14-12-21)27(24,25)18-8-4-10-20-16-18/h1-4,6-8,10,16H,5,9,11-15H2. The van der Waals surface area contributed by atoms with Crippen LogP contribution < -0.4 is 4.74 Å². The van der Waals surface area contributed by atoms with Crippen molar-refractivity contribution in [2.75, 3.05) is 32.8 Å². The molecular weight excluding hydrogens is 366 g/mol. The van der Waals surface area contributed by atoms with E-state index in [2.05, 4.69) is 4.98 Å². The van der Waals surface area contributed by atoms with E-state index in [0.29, 0.717) is 45.6 Å². The van der Waals surface area contributed by atoms with Crippen LogP contribution in [0.3, 0.4) is 0 Å². The molecule has 0 aliphatic carbocycles. The third kappa shape index (κ3) is 5.05. The number of ether oxygens (including phenoxy) is 1. The highest BCUT2D eigenvalue weighted by atomic mass is 32.2. The van der Waals surface area contributed by atoms with E-state index in [0.717, 1.165) is 5.75 Å². The van der Waals surface area contributed by atoms with E-state index < -0.39 is 10.0 Å². The summed E-state index contributed by atoms with van der Waals surface area (Å²) in [6.07, 6.45) is 3.90. The second-order valence-electron chi connectivity index (χ2n) is 6.24. The quantitative estimate of drug-likeness (QED) is 0.675. The predicted octanol–water partition coefficient (Wildman–Crippen LogP) is 1.77. The molecule has 2 aromatic rings. The molecule has 0 spiro atoms. The minimum absolute atomic E-state index is 0.0325. The van der Waals surface area contributed by atoms with Crippen molar-refractivity contribution in [2.45, 2.75) is 17.7 Å². The maximum Gasteiger partial charge on any atom is 0.244 e. The van der Waals surface area contributed by atoms with Gasteiger partial charge in [0.1, 0.15) is 10.6 Å². The highest BCUT2D eigenvalue weighted by molar-refractivity contribution is 7.89. The average molecular weight is 389 g/mol. The van der Waals surface area contributed by atoms with Crippen molar-refractivity contribution in [3.05, 3.63) is 54.9 Å². The van der Waals surface area contributed by atoms with Gasteiger partial charge in [-0.15, -0.1) is 0 Å². The number of carbonyl (C=O) groups excluding carboxylic acids is 1. The molecule has 0 saturated carbocycles. The summed E-state index contributed by atoms with van der Waals surface area (Å²) in [5.74, 6) is 0.823. The minimum atomic E-state index is -3.55. The normalized spacial score (nSPS) is 15.5. The number of amides is 1. The number of nitrogens with zero attached hydrogens (tertiary/aromatic N) is 3. The summed E-state index contributed by atoms with van der Waals surface area (Å²) in [7, 11) is -3.55. The Bertz CT molecular complexity index is 836. The molecule has 0 unspecified atom stereocenters. The minimum Gasteiger partial charge on any atom is -0.494 e. The zero-order chi connectivity index (χ0) is 19.1. The molecule has 1 fully saturated rings. The van der Waals surface area contributed by atoms with Crippen LogP contribution in [0.1, 0.15) is 12.8 Å². The number of aromatic nitrogens is 1. The van der Waals surface area contributed by atoms with E-state index in [-0.39, 0.29) is 10.8 Å². The molecule has 144 valence electrons. The summed E-state index contributed by atoms with van der Waals surface area (Å²) in [6.45, 7) is 1.87. The van der Waals surface area contributed by atoms with Crippen LogP contribution >= 0.6 is 0 Å². The van der Waals surface area contributed by atoms with Crippen LogP contribution in [0.5, 0.6) is 5.75 Å². The number of hydrogen-bond donors (Lipinski definition) is 0. The van der Waals surface area contributed by atoms with Crippen LogP contribution in [-0.4, -0.2) is 61.3 Å². The molecule has 0 bridgehead atoms. The molecule has 8 heteroatoms. The van der Waals surface area contributed by atoms with Crippen molar-refractivity contribution in [1.82, 2.24) is 14.2 Å². The van der Waals surface area contributed by atoms with Gasteiger partial charge in [-0.3, -0.25) is 9.78 Å². The Balaban J connectivity index is 1.43. The van der Waals surface area contributed by atoms with E-state index in [9.17, 15) is 13.2 Å². The zero-order valence-electron chi connectivity index (χ0n) is 15.0. The number of sulfonamides is 1. The average Bonchev–Trinajstić information content (AvgIpc) is 2.72. The number of piperazine rings is 1. The van der Waals surface area contributed by atoms with Crippen LogP contribution in [0.15, 0.2) is 59.8 Å². The second-order valence-corrected chi connectivity index (χ2v) is 8.18. The summed E-state index contributed by atoms with van der Waals surface area (Å²) >= 11 is 0. The van der Waals surface area contributed by atoms with Crippen molar-refractivity contribution in [1.29, 1.82) is 0 Å². The Morgan fingerprint density at radius 2 is 1.78 bits per heavy atom. The smallest absolute Gasteiger partial charge is 0.244 e. The van der Waals surface area contributed by atoms with Crippen LogP contribution in [0.2, 0.25) is 0 Å². The van der Waals surface area contributed by atoms with Crippen LogP contribution in [-0.2, 0) is 14.8 Å². The molecule has 1 saturated heterocycles. The fourth-order valence-electron chi connectivity index (χ4n) is 2.91. The molecule has 27 heavy (non-hydrogen) atoms. The van der Waals surface area contributed by atoms with E-state index >= 15 is 0 Å². The van der Waals surface area contributed by atoms with E-state index in [1.54, 1.807) is 11.0 Å². The van der Waals surface area contributed by atoms with Gasteiger partial charge in [-0.25, -0.2) is 8.42 Å². The van der Waals surface area contributed by atoms with Crippen molar-refractivity contribution in [3.8, 4) is 5.75 Å².